The van der Waals surface area contributed by atoms with Gasteiger partial charge in [-0.2, -0.15) is 0 Å². The fourth-order valence-electron chi connectivity index (χ4n) is 3.54. The SMILES string of the molecule is CCOC(=O)C[C@H](C(=O)OCC)[C@@H](NC(=O)[C@H](Cc1ccccc1)NC(=O)OCc1ccccc1)C(=O)O. The molecule has 2 aromatic rings. The molecule has 2 amide bonds. The minimum absolute atomic E-state index is 0.00139. The van der Waals surface area contributed by atoms with Crippen LogP contribution < -0.4 is 10.6 Å². The number of carboxylic acids is 1. The Labute approximate surface area is 220 Å². The molecule has 0 bridgehead atoms. The molecule has 0 spiro atoms. The average molecular weight is 529 g/mol. The van der Waals surface area contributed by atoms with Gasteiger partial charge in [0.05, 0.1) is 25.6 Å². The topological polar surface area (TPSA) is 157 Å². The maximum Gasteiger partial charge on any atom is 0.408 e. The zero-order chi connectivity index (χ0) is 27.9. The van der Waals surface area contributed by atoms with E-state index in [0.29, 0.717) is 5.56 Å². The molecule has 0 saturated heterocycles. The van der Waals surface area contributed by atoms with Crippen LogP contribution in [0, 0.1) is 5.92 Å². The Bertz CT molecular complexity index is 1080. The smallest absolute Gasteiger partial charge is 0.408 e. The molecule has 0 aliphatic rings. The van der Waals surface area contributed by atoms with Gasteiger partial charge in [-0.15, -0.1) is 0 Å². The summed E-state index contributed by atoms with van der Waals surface area (Å²) in [6.45, 7) is 2.99. The van der Waals surface area contributed by atoms with Crippen molar-refractivity contribution in [2.45, 2.75) is 45.4 Å². The molecule has 2 aromatic carbocycles. The first-order chi connectivity index (χ1) is 18.2. The second kappa shape index (κ2) is 15.6. The summed E-state index contributed by atoms with van der Waals surface area (Å²) in [5, 5.41) is 14.6. The third kappa shape index (κ3) is 9.92. The molecule has 0 unspecified atom stereocenters. The summed E-state index contributed by atoms with van der Waals surface area (Å²) in [6.07, 6.45) is -1.52. The normalized spacial score (nSPS) is 12.8. The molecular weight excluding hydrogens is 496 g/mol. The number of alkyl carbamates (subject to hydrolysis) is 1. The lowest BCUT2D eigenvalue weighted by atomic mass is 9.95. The van der Waals surface area contributed by atoms with Crippen LogP contribution in [0.3, 0.4) is 0 Å². The molecule has 0 aromatic heterocycles. The molecule has 3 atom stereocenters. The van der Waals surface area contributed by atoms with Crippen LogP contribution in [0.2, 0.25) is 0 Å². The number of ether oxygens (including phenoxy) is 3. The molecule has 0 fully saturated rings. The molecule has 38 heavy (non-hydrogen) atoms. The van der Waals surface area contributed by atoms with Crippen LogP contribution in [0.1, 0.15) is 31.4 Å². The van der Waals surface area contributed by atoms with E-state index in [4.69, 9.17) is 14.2 Å². The molecule has 0 radical (unpaired) electrons. The van der Waals surface area contributed by atoms with Gasteiger partial charge >= 0.3 is 24.0 Å². The van der Waals surface area contributed by atoms with E-state index in [2.05, 4.69) is 10.6 Å². The van der Waals surface area contributed by atoms with E-state index >= 15 is 0 Å². The second-order valence-corrected chi connectivity index (χ2v) is 8.14. The molecule has 0 heterocycles. The predicted octanol–water partition coefficient (Wildman–Crippen LogP) is 2.23. The van der Waals surface area contributed by atoms with Gasteiger partial charge in [0.15, 0.2) is 0 Å². The van der Waals surface area contributed by atoms with Gasteiger partial charge in [0.1, 0.15) is 18.7 Å². The molecule has 204 valence electrons. The molecule has 0 aliphatic carbocycles. The lowest BCUT2D eigenvalue weighted by molar-refractivity contribution is -0.160. The van der Waals surface area contributed by atoms with Gasteiger partial charge < -0.3 is 30.0 Å². The Morgan fingerprint density at radius 1 is 0.789 bits per heavy atom. The van der Waals surface area contributed by atoms with E-state index in [9.17, 15) is 29.1 Å². The van der Waals surface area contributed by atoms with Crippen molar-refractivity contribution in [3.63, 3.8) is 0 Å². The van der Waals surface area contributed by atoms with E-state index in [-0.39, 0.29) is 26.2 Å². The molecule has 0 saturated carbocycles. The Hall–Kier alpha value is -4.41. The van der Waals surface area contributed by atoms with Crippen molar-refractivity contribution in [3.8, 4) is 0 Å². The standard InChI is InChI=1S/C27H32N2O9/c1-3-36-22(30)16-20(26(34)37-4-2)23(25(32)33)29-24(31)21(15-18-11-7-5-8-12-18)28-27(35)38-17-19-13-9-6-10-14-19/h5-14,20-21,23H,3-4,15-17H2,1-2H3,(H,28,35)(H,29,31)(H,32,33)/t20-,21-,23+/m0/s1. The van der Waals surface area contributed by atoms with Gasteiger partial charge in [0, 0.05) is 6.42 Å². The van der Waals surface area contributed by atoms with E-state index in [1.165, 1.54) is 6.92 Å². The van der Waals surface area contributed by atoms with Crippen molar-refractivity contribution >= 4 is 29.9 Å². The predicted molar refractivity (Wildman–Crippen MR) is 135 cm³/mol. The van der Waals surface area contributed by atoms with Crippen LogP contribution in [-0.4, -0.2) is 60.3 Å². The van der Waals surface area contributed by atoms with Gasteiger partial charge in [-0.05, 0) is 25.0 Å². The number of benzene rings is 2. The highest BCUT2D eigenvalue weighted by molar-refractivity contribution is 5.93. The number of hydrogen-bond donors (Lipinski definition) is 3. The minimum atomic E-state index is -1.83. The number of nitrogens with one attached hydrogen (secondary N) is 2. The van der Waals surface area contributed by atoms with Crippen molar-refractivity contribution in [1.29, 1.82) is 0 Å². The number of amides is 2. The lowest BCUT2D eigenvalue weighted by Crippen LogP contribution is -2.56. The zero-order valence-corrected chi connectivity index (χ0v) is 21.3. The molecule has 2 rings (SSSR count). The minimum Gasteiger partial charge on any atom is -0.480 e. The number of carbonyl (C=O) groups excluding carboxylic acids is 4. The number of carboxylic acid groups (broad SMARTS) is 1. The van der Waals surface area contributed by atoms with E-state index in [1.54, 1.807) is 61.5 Å². The van der Waals surface area contributed by atoms with Gasteiger partial charge in [-0.3, -0.25) is 14.4 Å². The second-order valence-electron chi connectivity index (χ2n) is 8.14. The zero-order valence-electron chi connectivity index (χ0n) is 21.3. The number of hydrogen-bond acceptors (Lipinski definition) is 8. The summed E-state index contributed by atoms with van der Waals surface area (Å²) < 4.78 is 15.0. The van der Waals surface area contributed by atoms with Gasteiger partial charge in [-0.1, -0.05) is 60.7 Å². The van der Waals surface area contributed by atoms with E-state index in [1.807, 2.05) is 6.07 Å². The third-order valence-electron chi connectivity index (χ3n) is 5.35. The number of esters is 2. The highest BCUT2D eigenvalue weighted by Crippen LogP contribution is 2.15. The highest BCUT2D eigenvalue weighted by Gasteiger charge is 2.39. The van der Waals surface area contributed by atoms with E-state index < -0.39 is 54.3 Å². The van der Waals surface area contributed by atoms with Crippen LogP contribution in [0.25, 0.3) is 0 Å². The first-order valence-corrected chi connectivity index (χ1v) is 12.1. The highest BCUT2D eigenvalue weighted by atomic mass is 16.6. The number of carbonyl (C=O) groups is 5. The molecule has 3 N–H and O–H groups in total. The average Bonchev–Trinajstić information content (AvgIpc) is 2.90. The quantitative estimate of drug-likeness (QED) is 0.247. The summed E-state index contributed by atoms with van der Waals surface area (Å²) in [5.74, 6) is -5.82. The molecular formula is C27H32N2O9. The van der Waals surface area contributed by atoms with Crippen LogP contribution in [-0.2, 0) is 46.4 Å². The molecule has 11 heteroatoms. The Morgan fingerprint density at radius 2 is 1.37 bits per heavy atom. The monoisotopic (exact) mass is 528 g/mol. The van der Waals surface area contributed by atoms with Crippen molar-refractivity contribution in [1.82, 2.24) is 10.6 Å². The van der Waals surface area contributed by atoms with Crippen LogP contribution in [0.15, 0.2) is 60.7 Å². The fraction of sp³-hybridized carbons (Fsp3) is 0.370. The fourth-order valence-corrected chi connectivity index (χ4v) is 3.54. The Balaban J connectivity index is 2.23. The maximum atomic E-state index is 13.3. The number of aliphatic carboxylic acids is 1. The van der Waals surface area contributed by atoms with Crippen molar-refractivity contribution < 1.29 is 43.3 Å². The summed E-state index contributed by atoms with van der Waals surface area (Å²) in [6, 6.07) is 14.5. The Morgan fingerprint density at radius 3 is 1.92 bits per heavy atom. The summed E-state index contributed by atoms with van der Waals surface area (Å²) in [7, 11) is 0. The lowest BCUT2D eigenvalue weighted by Gasteiger charge is -2.25. The van der Waals surface area contributed by atoms with Gasteiger partial charge in [0.2, 0.25) is 5.91 Å². The first kappa shape index (κ1) is 29.8. The van der Waals surface area contributed by atoms with Crippen LogP contribution in [0.4, 0.5) is 4.79 Å². The van der Waals surface area contributed by atoms with Crippen LogP contribution >= 0.6 is 0 Å². The van der Waals surface area contributed by atoms with E-state index in [0.717, 1.165) is 5.56 Å². The van der Waals surface area contributed by atoms with Gasteiger partial charge in [0.25, 0.3) is 0 Å². The molecule has 11 nitrogen and oxygen atoms in total. The van der Waals surface area contributed by atoms with Crippen LogP contribution in [0.5, 0.6) is 0 Å². The van der Waals surface area contributed by atoms with Crippen molar-refractivity contribution in [2.75, 3.05) is 13.2 Å². The Kier molecular flexibility index (Phi) is 12.3. The largest absolute Gasteiger partial charge is 0.480 e. The summed E-state index contributed by atoms with van der Waals surface area (Å²) in [4.78, 5) is 62.5. The van der Waals surface area contributed by atoms with Crippen molar-refractivity contribution in [3.05, 3.63) is 71.8 Å². The van der Waals surface area contributed by atoms with Gasteiger partial charge in [-0.25, -0.2) is 9.59 Å². The summed E-state index contributed by atoms with van der Waals surface area (Å²) in [5.41, 5.74) is 1.41. The van der Waals surface area contributed by atoms with Crippen molar-refractivity contribution in [2.24, 2.45) is 5.92 Å². The summed E-state index contributed by atoms with van der Waals surface area (Å²) >= 11 is 0. The molecule has 0 aliphatic heterocycles. The maximum absolute atomic E-state index is 13.3. The third-order valence-corrected chi connectivity index (χ3v) is 5.35. The first-order valence-electron chi connectivity index (χ1n) is 12.1. The number of rotatable bonds is 14.